The van der Waals surface area contributed by atoms with E-state index in [1.165, 1.54) is 0 Å². The fraction of sp³-hybridized carbons (Fsp3) is 0.500. The molecular formula is C18H22N4O4. The second kappa shape index (κ2) is 6.86. The molecule has 26 heavy (non-hydrogen) atoms. The molecule has 1 aromatic carbocycles. The summed E-state index contributed by atoms with van der Waals surface area (Å²) in [6, 6.07) is 5.30. The maximum absolute atomic E-state index is 12.5. The van der Waals surface area contributed by atoms with E-state index in [-0.39, 0.29) is 12.1 Å². The number of nitrogens with zero attached hydrogens (tertiary/aromatic N) is 3. The van der Waals surface area contributed by atoms with Crippen molar-refractivity contribution in [3.8, 4) is 0 Å². The summed E-state index contributed by atoms with van der Waals surface area (Å²) >= 11 is 0. The zero-order valence-corrected chi connectivity index (χ0v) is 14.7. The molecule has 2 fully saturated rings. The van der Waals surface area contributed by atoms with Crippen molar-refractivity contribution < 1.29 is 18.7 Å². The highest BCUT2D eigenvalue weighted by atomic mass is 16.6. The SMILES string of the molecule is CCOC(=O)N1CCN(C(=O)Nc2ccc3oc(C4CC4)nc3c2)CC1. The number of ether oxygens (including phenoxy) is 1. The number of carbonyl (C=O) groups is 2. The van der Waals surface area contributed by atoms with Crippen LogP contribution in [0.15, 0.2) is 22.6 Å². The summed E-state index contributed by atoms with van der Waals surface area (Å²) in [5.41, 5.74) is 2.19. The topological polar surface area (TPSA) is 87.9 Å². The Morgan fingerprint density at radius 3 is 2.65 bits per heavy atom. The number of oxazole rings is 1. The summed E-state index contributed by atoms with van der Waals surface area (Å²) in [6.45, 7) is 4.03. The molecule has 1 aliphatic carbocycles. The lowest BCUT2D eigenvalue weighted by Crippen LogP contribution is -2.51. The van der Waals surface area contributed by atoms with Gasteiger partial charge in [0.2, 0.25) is 0 Å². The maximum Gasteiger partial charge on any atom is 0.409 e. The van der Waals surface area contributed by atoms with Gasteiger partial charge < -0.3 is 24.3 Å². The van der Waals surface area contributed by atoms with Crippen LogP contribution in [0, 0.1) is 0 Å². The quantitative estimate of drug-likeness (QED) is 0.911. The molecular weight excluding hydrogens is 336 g/mol. The number of nitrogens with one attached hydrogen (secondary N) is 1. The van der Waals surface area contributed by atoms with Gasteiger partial charge in [-0.1, -0.05) is 0 Å². The van der Waals surface area contributed by atoms with Gasteiger partial charge in [0.05, 0.1) is 6.61 Å². The molecule has 0 spiro atoms. The summed E-state index contributed by atoms with van der Waals surface area (Å²) in [7, 11) is 0. The number of aromatic nitrogens is 1. The number of urea groups is 1. The average Bonchev–Trinajstić information content (AvgIpc) is 3.41. The first-order chi connectivity index (χ1) is 12.6. The van der Waals surface area contributed by atoms with Gasteiger partial charge in [0.1, 0.15) is 5.52 Å². The highest BCUT2D eigenvalue weighted by Gasteiger charge is 2.29. The second-order valence-corrected chi connectivity index (χ2v) is 6.61. The summed E-state index contributed by atoms with van der Waals surface area (Å²) in [5.74, 6) is 1.25. The van der Waals surface area contributed by atoms with Crippen LogP contribution in [0.25, 0.3) is 11.1 Å². The van der Waals surface area contributed by atoms with Gasteiger partial charge in [0.15, 0.2) is 11.5 Å². The number of hydrogen-bond donors (Lipinski definition) is 1. The zero-order chi connectivity index (χ0) is 18.1. The van der Waals surface area contributed by atoms with Gasteiger partial charge in [-0.25, -0.2) is 14.6 Å². The summed E-state index contributed by atoms with van der Waals surface area (Å²) in [5, 5.41) is 2.90. The first-order valence-electron chi connectivity index (χ1n) is 9.02. The zero-order valence-electron chi connectivity index (χ0n) is 14.7. The van der Waals surface area contributed by atoms with Gasteiger partial charge in [-0.15, -0.1) is 0 Å². The van der Waals surface area contributed by atoms with Crippen molar-refractivity contribution in [3.63, 3.8) is 0 Å². The predicted molar refractivity (Wildman–Crippen MR) is 95.2 cm³/mol. The molecule has 1 N–H and O–H groups in total. The minimum atomic E-state index is -0.324. The number of carbonyl (C=O) groups excluding carboxylic acids is 2. The number of anilines is 1. The Balaban J connectivity index is 1.36. The maximum atomic E-state index is 12.5. The standard InChI is InChI=1S/C18H22N4O4/c1-2-25-18(24)22-9-7-21(8-10-22)17(23)19-13-5-6-15-14(11-13)20-16(26-15)12-3-4-12/h5-6,11-12H,2-4,7-10H2,1H3,(H,19,23). The molecule has 2 aromatic rings. The third-order valence-electron chi connectivity index (χ3n) is 4.67. The Bertz CT molecular complexity index is 822. The van der Waals surface area contributed by atoms with Crippen LogP contribution in [-0.2, 0) is 4.74 Å². The largest absolute Gasteiger partial charge is 0.450 e. The Morgan fingerprint density at radius 1 is 1.23 bits per heavy atom. The van der Waals surface area contributed by atoms with Gasteiger partial charge in [-0.3, -0.25) is 0 Å². The van der Waals surface area contributed by atoms with E-state index < -0.39 is 0 Å². The molecule has 0 bridgehead atoms. The van der Waals surface area contributed by atoms with Gasteiger partial charge in [0, 0.05) is 37.8 Å². The normalized spacial score (nSPS) is 17.4. The smallest absolute Gasteiger partial charge is 0.409 e. The number of hydrogen-bond acceptors (Lipinski definition) is 5. The first-order valence-corrected chi connectivity index (χ1v) is 9.02. The summed E-state index contributed by atoms with van der Waals surface area (Å²) < 4.78 is 10.7. The lowest BCUT2D eigenvalue weighted by Gasteiger charge is -2.33. The van der Waals surface area contributed by atoms with Crippen LogP contribution >= 0.6 is 0 Å². The molecule has 0 atom stereocenters. The molecule has 4 rings (SSSR count). The third-order valence-corrected chi connectivity index (χ3v) is 4.67. The molecule has 1 aliphatic heterocycles. The van der Waals surface area contributed by atoms with Crippen molar-refractivity contribution in [3.05, 3.63) is 24.1 Å². The van der Waals surface area contributed by atoms with Gasteiger partial charge in [0.25, 0.3) is 0 Å². The molecule has 2 aliphatic rings. The Morgan fingerprint density at radius 2 is 1.96 bits per heavy atom. The summed E-state index contributed by atoms with van der Waals surface area (Å²) in [6.07, 6.45) is 1.94. The highest BCUT2D eigenvalue weighted by molar-refractivity contribution is 5.91. The van der Waals surface area contributed by atoms with Crippen molar-refractivity contribution in [2.24, 2.45) is 0 Å². The fourth-order valence-electron chi connectivity index (χ4n) is 3.04. The van der Waals surface area contributed by atoms with Crippen LogP contribution in [0.1, 0.15) is 31.6 Å². The molecule has 2 heterocycles. The lowest BCUT2D eigenvalue weighted by atomic mass is 10.3. The lowest BCUT2D eigenvalue weighted by molar-refractivity contribution is 0.0868. The van der Waals surface area contributed by atoms with Gasteiger partial charge >= 0.3 is 12.1 Å². The predicted octanol–water partition coefficient (Wildman–Crippen LogP) is 3.01. The molecule has 3 amide bonds. The van der Waals surface area contributed by atoms with E-state index in [1.54, 1.807) is 16.7 Å². The van der Waals surface area contributed by atoms with E-state index in [4.69, 9.17) is 9.15 Å². The van der Waals surface area contributed by atoms with Crippen LogP contribution in [0.5, 0.6) is 0 Å². The highest BCUT2D eigenvalue weighted by Crippen LogP contribution is 2.40. The molecule has 138 valence electrons. The van der Waals surface area contributed by atoms with Crippen LogP contribution < -0.4 is 5.32 Å². The van der Waals surface area contributed by atoms with Crippen LogP contribution in [0.4, 0.5) is 15.3 Å². The molecule has 1 saturated heterocycles. The number of benzene rings is 1. The number of fused-ring (bicyclic) bond motifs is 1. The molecule has 8 nitrogen and oxygen atoms in total. The third kappa shape index (κ3) is 3.44. The minimum absolute atomic E-state index is 0.182. The van der Waals surface area contributed by atoms with Crippen molar-refractivity contribution in [1.29, 1.82) is 0 Å². The van der Waals surface area contributed by atoms with Crippen molar-refractivity contribution in [1.82, 2.24) is 14.8 Å². The number of piperazine rings is 1. The van der Waals surface area contributed by atoms with E-state index in [0.29, 0.717) is 44.4 Å². The molecule has 1 aromatic heterocycles. The van der Waals surface area contributed by atoms with E-state index >= 15 is 0 Å². The van der Waals surface area contributed by atoms with E-state index in [1.807, 2.05) is 18.2 Å². The molecule has 0 unspecified atom stereocenters. The molecule has 0 radical (unpaired) electrons. The van der Waals surface area contributed by atoms with Gasteiger partial charge in [-0.05, 0) is 38.0 Å². The van der Waals surface area contributed by atoms with Crippen LogP contribution in [-0.4, -0.2) is 59.7 Å². The van der Waals surface area contributed by atoms with E-state index in [9.17, 15) is 9.59 Å². The monoisotopic (exact) mass is 358 g/mol. The van der Waals surface area contributed by atoms with Crippen molar-refractivity contribution in [2.45, 2.75) is 25.7 Å². The first kappa shape index (κ1) is 16.7. The van der Waals surface area contributed by atoms with E-state index in [0.717, 1.165) is 29.8 Å². The number of amides is 3. The average molecular weight is 358 g/mol. The van der Waals surface area contributed by atoms with Crippen molar-refractivity contribution in [2.75, 3.05) is 38.1 Å². The Hall–Kier alpha value is -2.77. The minimum Gasteiger partial charge on any atom is -0.450 e. The second-order valence-electron chi connectivity index (χ2n) is 6.61. The Kier molecular flexibility index (Phi) is 4.40. The van der Waals surface area contributed by atoms with Gasteiger partial charge in [-0.2, -0.15) is 0 Å². The molecule has 1 saturated carbocycles. The van der Waals surface area contributed by atoms with Crippen LogP contribution in [0.3, 0.4) is 0 Å². The summed E-state index contributed by atoms with van der Waals surface area (Å²) in [4.78, 5) is 32.0. The fourth-order valence-corrected chi connectivity index (χ4v) is 3.04. The van der Waals surface area contributed by atoms with E-state index in [2.05, 4.69) is 10.3 Å². The Labute approximate surface area is 151 Å². The van der Waals surface area contributed by atoms with Crippen molar-refractivity contribution >= 4 is 28.9 Å². The number of rotatable bonds is 3. The van der Waals surface area contributed by atoms with Crippen LogP contribution in [0.2, 0.25) is 0 Å². The molecule has 8 heteroatoms.